The number of hydrogen-bond donors (Lipinski definition) is 2. The van der Waals surface area contributed by atoms with Gasteiger partial charge in [0.25, 0.3) is 5.91 Å². The molecule has 2 amide bonds. The van der Waals surface area contributed by atoms with Crippen LogP contribution in [0.25, 0.3) is 10.6 Å². The smallest absolute Gasteiger partial charge is 0.255 e. The zero-order valence-corrected chi connectivity index (χ0v) is 19.2. The Morgan fingerprint density at radius 3 is 2.45 bits per heavy atom. The third kappa shape index (κ3) is 5.58. The van der Waals surface area contributed by atoms with Crippen molar-refractivity contribution in [2.45, 2.75) is 6.42 Å². The molecule has 0 saturated heterocycles. The van der Waals surface area contributed by atoms with Crippen molar-refractivity contribution in [2.24, 2.45) is 0 Å². The van der Waals surface area contributed by atoms with Crippen molar-refractivity contribution in [1.29, 1.82) is 0 Å². The third-order valence-electron chi connectivity index (χ3n) is 4.78. The van der Waals surface area contributed by atoms with Crippen LogP contribution in [0.2, 0.25) is 5.02 Å². The minimum absolute atomic E-state index is 0.136. The van der Waals surface area contributed by atoms with Crippen LogP contribution in [0, 0.1) is 0 Å². The molecule has 0 bridgehead atoms. The number of carbonyl (C=O) groups is 2. The minimum Gasteiger partial charge on any atom is -0.495 e. The van der Waals surface area contributed by atoms with Crippen molar-refractivity contribution in [3.05, 3.63) is 94.5 Å². The van der Waals surface area contributed by atoms with Gasteiger partial charge in [0.1, 0.15) is 10.8 Å². The second-order valence-corrected chi connectivity index (χ2v) is 8.35. The van der Waals surface area contributed by atoms with Gasteiger partial charge in [0, 0.05) is 22.2 Å². The highest BCUT2D eigenvalue weighted by Crippen LogP contribution is 2.30. The molecule has 8 heteroatoms. The molecule has 0 aliphatic carbocycles. The summed E-state index contributed by atoms with van der Waals surface area (Å²) in [6.45, 7) is 0. The van der Waals surface area contributed by atoms with Crippen LogP contribution in [-0.2, 0) is 11.2 Å². The van der Waals surface area contributed by atoms with E-state index in [9.17, 15) is 9.59 Å². The molecule has 0 unspecified atom stereocenters. The first-order valence-corrected chi connectivity index (χ1v) is 11.3. The number of halogens is 1. The monoisotopic (exact) mass is 477 g/mol. The Bertz CT molecular complexity index is 1290. The quantitative estimate of drug-likeness (QED) is 0.347. The highest BCUT2D eigenvalue weighted by molar-refractivity contribution is 7.13. The van der Waals surface area contributed by atoms with Gasteiger partial charge in [-0.05, 0) is 42.5 Å². The number of nitrogens with zero attached hydrogens (tertiary/aromatic N) is 1. The predicted molar refractivity (Wildman–Crippen MR) is 132 cm³/mol. The van der Waals surface area contributed by atoms with Crippen molar-refractivity contribution in [1.82, 2.24) is 4.98 Å². The third-order valence-corrected chi connectivity index (χ3v) is 6.04. The fourth-order valence-corrected chi connectivity index (χ4v) is 4.30. The number of rotatable bonds is 7. The molecular formula is C25H20ClN3O3S. The van der Waals surface area contributed by atoms with Crippen LogP contribution in [0.5, 0.6) is 5.75 Å². The molecule has 166 valence electrons. The molecule has 2 N–H and O–H groups in total. The second-order valence-electron chi connectivity index (χ2n) is 7.08. The zero-order valence-electron chi connectivity index (χ0n) is 17.7. The molecule has 0 radical (unpaired) electrons. The van der Waals surface area contributed by atoms with Gasteiger partial charge in [-0.15, -0.1) is 11.3 Å². The molecule has 0 aliphatic rings. The van der Waals surface area contributed by atoms with E-state index in [2.05, 4.69) is 15.6 Å². The van der Waals surface area contributed by atoms with Crippen LogP contribution in [0.3, 0.4) is 0 Å². The number of carbonyl (C=O) groups excluding carboxylic acids is 2. The molecule has 0 spiro atoms. The number of anilines is 2. The fourth-order valence-electron chi connectivity index (χ4n) is 3.16. The average Bonchev–Trinajstić information content (AvgIpc) is 3.28. The lowest BCUT2D eigenvalue weighted by molar-refractivity contribution is -0.115. The first-order chi connectivity index (χ1) is 16.0. The Kier molecular flexibility index (Phi) is 7.02. The number of ether oxygens (including phenoxy) is 1. The lowest BCUT2D eigenvalue weighted by Gasteiger charge is -2.10. The summed E-state index contributed by atoms with van der Waals surface area (Å²) in [6.07, 6.45) is 0.136. The van der Waals surface area contributed by atoms with Gasteiger partial charge in [-0.2, -0.15) is 0 Å². The summed E-state index contributed by atoms with van der Waals surface area (Å²) in [4.78, 5) is 29.5. The van der Waals surface area contributed by atoms with Crippen molar-refractivity contribution in [3.8, 4) is 16.3 Å². The average molecular weight is 478 g/mol. The highest BCUT2D eigenvalue weighted by atomic mass is 35.5. The molecule has 6 nitrogen and oxygen atoms in total. The Labute approximate surface area is 200 Å². The number of para-hydroxylation sites is 2. The van der Waals surface area contributed by atoms with Gasteiger partial charge in [-0.25, -0.2) is 4.98 Å². The number of nitrogens with one attached hydrogen (secondary N) is 2. The van der Waals surface area contributed by atoms with Gasteiger partial charge in [0.15, 0.2) is 0 Å². The van der Waals surface area contributed by atoms with E-state index in [1.54, 1.807) is 43.5 Å². The first kappa shape index (κ1) is 22.5. The number of hydrogen-bond acceptors (Lipinski definition) is 5. The highest BCUT2D eigenvalue weighted by Gasteiger charge is 2.13. The van der Waals surface area contributed by atoms with E-state index in [0.29, 0.717) is 33.4 Å². The molecule has 0 saturated carbocycles. The van der Waals surface area contributed by atoms with Crippen molar-refractivity contribution in [3.63, 3.8) is 0 Å². The number of amides is 2. The van der Waals surface area contributed by atoms with E-state index >= 15 is 0 Å². The number of thiazole rings is 1. The number of methoxy groups -OCH3 is 1. The lowest BCUT2D eigenvalue weighted by Crippen LogP contribution is -2.15. The molecule has 4 aromatic rings. The summed E-state index contributed by atoms with van der Waals surface area (Å²) in [5.41, 5.74) is 3.15. The topological polar surface area (TPSA) is 80.3 Å². The van der Waals surface area contributed by atoms with Crippen LogP contribution >= 0.6 is 22.9 Å². The zero-order chi connectivity index (χ0) is 23.2. The van der Waals surface area contributed by atoms with Gasteiger partial charge >= 0.3 is 0 Å². The molecule has 33 heavy (non-hydrogen) atoms. The molecule has 0 aliphatic heterocycles. The van der Waals surface area contributed by atoms with Gasteiger partial charge < -0.3 is 15.4 Å². The predicted octanol–water partition coefficient (Wildman–Crippen LogP) is 5.91. The SMILES string of the molecule is COc1ccccc1NC(=O)c1ccc(NC(=O)Cc2csc(-c3ccccc3Cl)n2)cc1. The number of aromatic nitrogens is 1. The maximum absolute atomic E-state index is 12.5. The summed E-state index contributed by atoms with van der Waals surface area (Å²) in [6, 6.07) is 21.3. The van der Waals surface area contributed by atoms with Crippen LogP contribution in [0.1, 0.15) is 16.1 Å². The molecule has 3 aromatic carbocycles. The molecule has 4 rings (SSSR count). The van der Waals surface area contributed by atoms with E-state index in [0.717, 1.165) is 10.6 Å². The van der Waals surface area contributed by atoms with E-state index in [-0.39, 0.29) is 18.2 Å². The second kappa shape index (κ2) is 10.3. The van der Waals surface area contributed by atoms with Crippen LogP contribution in [0.15, 0.2) is 78.2 Å². The Morgan fingerprint density at radius 1 is 0.970 bits per heavy atom. The molecular weight excluding hydrogens is 458 g/mol. The number of benzene rings is 3. The van der Waals surface area contributed by atoms with Crippen LogP contribution in [0.4, 0.5) is 11.4 Å². The van der Waals surface area contributed by atoms with Gasteiger partial charge in [-0.3, -0.25) is 9.59 Å². The molecule has 1 heterocycles. The van der Waals surface area contributed by atoms with Crippen LogP contribution in [-0.4, -0.2) is 23.9 Å². The van der Waals surface area contributed by atoms with Crippen molar-refractivity contribution < 1.29 is 14.3 Å². The van der Waals surface area contributed by atoms with Crippen molar-refractivity contribution in [2.75, 3.05) is 17.7 Å². The van der Waals surface area contributed by atoms with Crippen LogP contribution < -0.4 is 15.4 Å². The lowest BCUT2D eigenvalue weighted by atomic mass is 10.1. The van der Waals surface area contributed by atoms with E-state index in [1.165, 1.54) is 11.3 Å². The summed E-state index contributed by atoms with van der Waals surface area (Å²) in [7, 11) is 1.55. The molecule has 0 atom stereocenters. The maximum Gasteiger partial charge on any atom is 0.255 e. The standard InChI is InChI=1S/C25H20ClN3O3S/c1-32-22-9-5-4-8-21(22)29-24(31)16-10-12-17(13-11-16)27-23(30)14-18-15-33-25(28-18)19-6-2-3-7-20(19)26/h2-13,15H,14H2,1H3,(H,27,30)(H,29,31). The van der Waals surface area contributed by atoms with E-state index < -0.39 is 0 Å². The van der Waals surface area contributed by atoms with E-state index in [4.69, 9.17) is 16.3 Å². The Morgan fingerprint density at radius 2 is 1.70 bits per heavy atom. The molecule has 1 aromatic heterocycles. The summed E-state index contributed by atoms with van der Waals surface area (Å²) in [5.74, 6) is 0.110. The Balaban J connectivity index is 1.36. The molecule has 0 fully saturated rings. The van der Waals surface area contributed by atoms with Crippen molar-refractivity contribution >= 4 is 46.1 Å². The fraction of sp³-hybridized carbons (Fsp3) is 0.0800. The van der Waals surface area contributed by atoms with Gasteiger partial charge in [0.05, 0.1) is 29.9 Å². The normalized spacial score (nSPS) is 10.5. The summed E-state index contributed by atoms with van der Waals surface area (Å²) in [5, 5.41) is 8.90. The van der Waals surface area contributed by atoms with Gasteiger partial charge in [-0.1, -0.05) is 41.9 Å². The largest absolute Gasteiger partial charge is 0.495 e. The minimum atomic E-state index is -0.271. The van der Waals surface area contributed by atoms with Gasteiger partial charge in [0.2, 0.25) is 5.91 Å². The first-order valence-electron chi connectivity index (χ1n) is 10.1. The Hall–Kier alpha value is -3.68. The van der Waals surface area contributed by atoms with E-state index in [1.807, 2.05) is 41.8 Å². The summed E-state index contributed by atoms with van der Waals surface area (Å²) < 4.78 is 5.25. The maximum atomic E-state index is 12.5. The summed E-state index contributed by atoms with van der Waals surface area (Å²) >= 11 is 7.67.